The third-order valence-corrected chi connectivity index (χ3v) is 5.94. The Bertz CT molecular complexity index is 1070. The Balaban J connectivity index is 1.83. The zero-order chi connectivity index (χ0) is 20.3. The highest BCUT2D eigenvalue weighted by Crippen LogP contribution is 2.24. The standard InChI is InChI=1S/C18H18BrFN4O3S/c1-3-24-17(21-22-18(24)27-15-9-7-14(20)8-10-15)12(2)23-28(25,26)16-6-4-5-13(19)11-16/h4-12,23H,3H2,1-2H3/t12-/m1/s1. The first-order chi connectivity index (χ1) is 13.3. The molecule has 3 aromatic rings. The van der Waals surface area contributed by atoms with Gasteiger partial charge in [0.2, 0.25) is 10.0 Å². The molecule has 1 aromatic heterocycles. The van der Waals surface area contributed by atoms with Gasteiger partial charge in [-0.2, -0.15) is 0 Å². The normalized spacial score (nSPS) is 12.7. The van der Waals surface area contributed by atoms with E-state index in [1.807, 2.05) is 6.92 Å². The van der Waals surface area contributed by atoms with Crippen LogP contribution in [-0.2, 0) is 16.6 Å². The van der Waals surface area contributed by atoms with Crippen molar-refractivity contribution in [2.45, 2.75) is 31.3 Å². The van der Waals surface area contributed by atoms with Gasteiger partial charge < -0.3 is 4.74 Å². The van der Waals surface area contributed by atoms with Gasteiger partial charge in [-0.15, -0.1) is 5.10 Å². The molecule has 0 aliphatic carbocycles. The lowest BCUT2D eigenvalue weighted by molar-refractivity contribution is 0.407. The van der Waals surface area contributed by atoms with Gasteiger partial charge in [0.25, 0.3) is 0 Å². The van der Waals surface area contributed by atoms with E-state index in [-0.39, 0.29) is 16.7 Å². The van der Waals surface area contributed by atoms with Crippen LogP contribution in [0, 0.1) is 5.82 Å². The van der Waals surface area contributed by atoms with Gasteiger partial charge in [0.15, 0.2) is 5.82 Å². The fourth-order valence-electron chi connectivity index (χ4n) is 2.59. The maximum Gasteiger partial charge on any atom is 0.322 e. The molecule has 2 aromatic carbocycles. The molecule has 0 aliphatic heterocycles. The summed E-state index contributed by atoms with van der Waals surface area (Å²) in [7, 11) is -3.75. The molecule has 1 atom stereocenters. The molecule has 7 nitrogen and oxygen atoms in total. The summed E-state index contributed by atoms with van der Waals surface area (Å²) in [6.45, 7) is 4.00. The highest BCUT2D eigenvalue weighted by molar-refractivity contribution is 9.10. The van der Waals surface area contributed by atoms with Crippen LogP contribution in [0.2, 0.25) is 0 Å². The minimum absolute atomic E-state index is 0.138. The van der Waals surface area contributed by atoms with Gasteiger partial charge in [0.1, 0.15) is 11.6 Å². The van der Waals surface area contributed by atoms with Crippen molar-refractivity contribution in [1.82, 2.24) is 19.5 Å². The van der Waals surface area contributed by atoms with Gasteiger partial charge in [-0.3, -0.25) is 4.57 Å². The summed E-state index contributed by atoms with van der Waals surface area (Å²) in [6, 6.07) is 11.5. The molecule has 0 saturated heterocycles. The van der Waals surface area contributed by atoms with Crippen LogP contribution in [0.3, 0.4) is 0 Å². The fourth-order valence-corrected chi connectivity index (χ4v) is 4.39. The van der Waals surface area contributed by atoms with Crippen molar-refractivity contribution in [3.05, 3.63) is 64.6 Å². The van der Waals surface area contributed by atoms with E-state index >= 15 is 0 Å². The zero-order valence-electron chi connectivity index (χ0n) is 15.1. The average molecular weight is 469 g/mol. The van der Waals surface area contributed by atoms with Crippen LogP contribution in [0.1, 0.15) is 25.7 Å². The Kier molecular flexibility index (Phi) is 6.11. The van der Waals surface area contributed by atoms with Gasteiger partial charge in [-0.1, -0.05) is 27.1 Å². The van der Waals surface area contributed by atoms with Crippen molar-refractivity contribution in [3.8, 4) is 11.8 Å². The lowest BCUT2D eigenvalue weighted by Crippen LogP contribution is -2.29. The molecule has 10 heteroatoms. The summed E-state index contributed by atoms with van der Waals surface area (Å²) in [4.78, 5) is 0.138. The monoisotopic (exact) mass is 468 g/mol. The van der Waals surface area contributed by atoms with Crippen molar-refractivity contribution in [1.29, 1.82) is 0 Å². The largest absolute Gasteiger partial charge is 0.424 e. The Morgan fingerprint density at radius 1 is 1.21 bits per heavy atom. The quantitative estimate of drug-likeness (QED) is 0.565. The Hall–Kier alpha value is -2.30. The Labute approximate surface area is 170 Å². The van der Waals surface area contributed by atoms with Crippen LogP contribution in [0.5, 0.6) is 11.8 Å². The number of hydrogen-bond acceptors (Lipinski definition) is 5. The number of sulfonamides is 1. The van der Waals surface area contributed by atoms with Crippen molar-refractivity contribution < 1.29 is 17.5 Å². The molecule has 1 N–H and O–H groups in total. The summed E-state index contributed by atoms with van der Waals surface area (Å²) in [5, 5.41) is 8.07. The topological polar surface area (TPSA) is 86.1 Å². The molecule has 0 radical (unpaired) electrons. The summed E-state index contributed by atoms with van der Waals surface area (Å²) in [6.07, 6.45) is 0. The molecule has 0 saturated carbocycles. The van der Waals surface area contributed by atoms with Crippen LogP contribution in [0.25, 0.3) is 0 Å². The third kappa shape index (κ3) is 4.57. The first kappa shape index (κ1) is 20.4. The van der Waals surface area contributed by atoms with Crippen molar-refractivity contribution in [2.24, 2.45) is 0 Å². The van der Waals surface area contributed by atoms with Gasteiger partial charge in [-0.25, -0.2) is 17.5 Å². The average Bonchev–Trinajstić information content (AvgIpc) is 3.06. The summed E-state index contributed by atoms with van der Waals surface area (Å²) in [5.74, 6) is 0.427. The molecule has 0 fully saturated rings. The van der Waals surface area contributed by atoms with E-state index in [0.29, 0.717) is 22.6 Å². The fraction of sp³-hybridized carbons (Fsp3) is 0.222. The summed E-state index contributed by atoms with van der Waals surface area (Å²) >= 11 is 3.27. The predicted molar refractivity (Wildman–Crippen MR) is 105 cm³/mol. The minimum Gasteiger partial charge on any atom is -0.424 e. The maximum absolute atomic E-state index is 13.0. The van der Waals surface area contributed by atoms with Gasteiger partial charge in [-0.05, 0) is 56.3 Å². The molecule has 0 bridgehead atoms. The zero-order valence-corrected chi connectivity index (χ0v) is 17.5. The minimum atomic E-state index is -3.75. The predicted octanol–water partition coefficient (Wildman–Crippen LogP) is 4.03. The SMILES string of the molecule is CCn1c(Oc2ccc(F)cc2)nnc1[C@@H](C)NS(=O)(=O)c1cccc(Br)c1. The van der Waals surface area contributed by atoms with Crippen LogP contribution in [-0.4, -0.2) is 23.2 Å². The van der Waals surface area contributed by atoms with E-state index in [0.717, 1.165) is 0 Å². The van der Waals surface area contributed by atoms with Crippen molar-refractivity contribution >= 4 is 26.0 Å². The van der Waals surface area contributed by atoms with Crippen LogP contribution in [0.4, 0.5) is 4.39 Å². The number of rotatable bonds is 7. The maximum atomic E-state index is 13.0. The van der Waals surface area contributed by atoms with Crippen LogP contribution in [0.15, 0.2) is 57.9 Å². The third-order valence-electron chi connectivity index (χ3n) is 3.91. The molecule has 0 spiro atoms. The molecule has 0 amide bonds. The second-order valence-electron chi connectivity index (χ2n) is 5.94. The number of nitrogens with one attached hydrogen (secondary N) is 1. The number of ether oxygens (including phenoxy) is 1. The van der Waals surface area contributed by atoms with E-state index in [1.165, 1.54) is 36.4 Å². The van der Waals surface area contributed by atoms with E-state index in [9.17, 15) is 12.8 Å². The van der Waals surface area contributed by atoms with Crippen LogP contribution >= 0.6 is 15.9 Å². The number of halogens is 2. The van der Waals surface area contributed by atoms with Gasteiger partial charge >= 0.3 is 6.01 Å². The smallest absolute Gasteiger partial charge is 0.322 e. The highest BCUT2D eigenvalue weighted by atomic mass is 79.9. The molecule has 0 unspecified atom stereocenters. The molecule has 28 heavy (non-hydrogen) atoms. The van der Waals surface area contributed by atoms with Gasteiger partial charge in [0, 0.05) is 11.0 Å². The van der Waals surface area contributed by atoms with E-state index in [2.05, 4.69) is 30.8 Å². The van der Waals surface area contributed by atoms with Crippen LogP contribution < -0.4 is 9.46 Å². The van der Waals surface area contributed by atoms with E-state index in [4.69, 9.17) is 4.74 Å². The Morgan fingerprint density at radius 3 is 2.57 bits per heavy atom. The highest BCUT2D eigenvalue weighted by Gasteiger charge is 2.24. The summed E-state index contributed by atoms with van der Waals surface area (Å²) in [5.41, 5.74) is 0. The number of benzene rings is 2. The second kappa shape index (κ2) is 8.38. The lowest BCUT2D eigenvalue weighted by atomic mass is 10.3. The number of nitrogens with zero attached hydrogens (tertiary/aromatic N) is 3. The molecule has 1 heterocycles. The molecule has 3 rings (SSSR count). The number of aromatic nitrogens is 3. The first-order valence-corrected chi connectivity index (χ1v) is 10.7. The second-order valence-corrected chi connectivity index (χ2v) is 8.57. The van der Waals surface area contributed by atoms with Crippen molar-refractivity contribution in [2.75, 3.05) is 0 Å². The van der Waals surface area contributed by atoms with E-state index in [1.54, 1.807) is 23.6 Å². The molecular weight excluding hydrogens is 451 g/mol. The van der Waals surface area contributed by atoms with Gasteiger partial charge in [0.05, 0.1) is 10.9 Å². The summed E-state index contributed by atoms with van der Waals surface area (Å²) < 4.78 is 48.9. The Morgan fingerprint density at radius 2 is 1.93 bits per heavy atom. The van der Waals surface area contributed by atoms with E-state index < -0.39 is 16.1 Å². The molecule has 148 valence electrons. The first-order valence-electron chi connectivity index (χ1n) is 8.44. The lowest BCUT2D eigenvalue weighted by Gasteiger charge is -2.15. The molecular formula is C18H18BrFN4O3S. The molecule has 0 aliphatic rings. The number of hydrogen-bond donors (Lipinski definition) is 1. The van der Waals surface area contributed by atoms with Crippen molar-refractivity contribution in [3.63, 3.8) is 0 Å².